The Kier molecular flexibility index (Phi) is 50.6. The number of rotatable bonds is 46. The molecule has 1 atom stereocenters. The largest absolute Gasteiger partial charge is 0.462 e. The van der Waals surface area contributed by atoms with E-state index >= 15 is 0 Å². The SMILES string of the molecule is CC/C=C\C/C=C\C/C=C\C/C=C\C/C=C\C/C=C\CCC(=O)OC[C@@H](COC(=O)CCCCCCC/C=C\CCCC)OC(=O)CCCCC/C=C\C/C=C\C/C=C\C/C=C\CCCCC. The van der Waals surface area contributed by atoms with Crippen LogP contribution in [0.15, 0.2) is 134 Å². The zero-order chi connectivity index (χ0) is 48.6. The molecule has 0 aliphatic heterocycles. The average molecular weight is 925 g/mol. The number of allylic oxidation sites excluding steroid dienone is 22. The molecule has 6 nitrogen and oxygen atoms in total. The summed E-state index contributed by atoms with van der Waals surface area (Å²) in [7, 11) is 0. The highest BCUT2D eigenvalue weighted by molar-refractivity contribution is 5.71. The first-order chi connectivity index (χ1) is 33.0. The lowest BCUT2D eigenvalue weighted by molar-refractivity contribution is -0.166. The average Bonchev–Trinajstić information content (AvgIpc) is 3.33. The molecule has 0 saturated heterocycles. The lowest BCUT2D eigenvalue weighted by Gasteiger charge is -2.18. The third kappa shape index (κ3) is 52.4. The molecule has 0 saturated carbocycles. The van der Waals surface area contributed by atoms with Crippen LogP contribution in [0.4, 0.5) is 0 Å². The van der Waals surface area contributed by atoms with Crippen molar-refractivity contribution < 1.29 is 28.6 Å². The molecule has 0 radical (unpaired) electrons. The number of hydrogen-bond acceptors (Lipinski definition) is 6. The molecule has 376 valence electrons. The number of hydrogen-bond donors (Lipinski definition) is 0. The van der Waals surface area contributed by atoms with Crippen molar-refractivity contribution in [2.75, 3.05) is 13.2 Å². The maximum atomic E-state index is 12.8. The molecule has 0 amide bonds. The van der Waals surface area contributed by atoms with Crippen LogP contribution in [0.3, 0.4) is 0 Å². The summed E-state index contributed by atoms with van der Waals surface area (Å²) in [6.07, 6.45) is 75.9. The van der Waals surface area contributed by atoms with Gasteiger partial charge in [0.2, 0.25) is 0 Å². The minimum atomic E-state index is -0.833. The molecule has 6 heteroatoms. The Balaban J connectivity index is 4.57. The van der Waals surface area contributed by atoms with Crippen molar-refractivity contribution in [2.24, 2.45) is 0 Å². The predicted octanol–water partition coefficient (Wildman–Crippen LogP) is 17.9. The molecule has 0 heterocycles. The van der Waals surface area contributed by atoms with Crippen LogP contribution in [-0.4, -0.2) is 37.2 Å². The van der Waals surface area contributed by atoms with Gasteiger partial charge in [0.25, 0.3) is 0 Å². The highest BCUT2D eigenvalue weighted by Crippen LogP contribution is 2.11. The van der Waals surface area contributed by atoms with Crippen molar-refractivity contribution in [1.29, 1.82) is 0 Å². The Hall–Kier alpha value is -4.45. The van der Waals surface area contributed by atoms with Crippen molar-refractivity contribution in [3.8, 4) is 0 Å². The second kappa shape index (κ2) is 54.2. The van der Waals surface area contributed by atoms with E-state index in [1.54, 1.807) is 0 Å². The highest BCUT2D eigenvalue weighted by atomic mass is 16.6. The summed E-state index contributed by atoms with van der Waals surface area (Å²) in [5, 5.41) is 0. The van der Waals surface area contributed by atoms with Gasteiger partial charge >= 0.3 is 17.9 Å². The minimum absolute atomic E-state index is 0.124. The topological polar surface area (TPSA) is 78.9 Å². The molecule has 0 aromatic rings. The minimum Gasteiger partial charge on any atom is -0.462 e. The number of esters is 3. The van der Waals surface area contributed by atoms with Gasteiger partial charge in [0.05, 0.1) is 0 Å². The Bertz CT molecular complexity index is 1480. The normalized spacial score (nSPS) is 13.2. The molecule has 0 bridgehead atoms. The van der Waals surface area contributed by atoms with Crippen LogP contribution in [0.2, 0.25) is 0 Å². The van der Waals surface area contributed by atoms with Crippen LogP contribution in [0.1, 0.15) is 213 Å². The first kappa shape index (κ1) is 62.5. The van der Waals surface area contributed by atoms with E-state index in [-0.39, 0.29) is 44.0 Å². The second-order valence-corrected chi connectivity index (χ2v) is 17.0. The zero-order valence-electron chi connectivity index (χ0n) is 42.9. The van der Waals surface area contributed by atoms with E-state index in [4.69, 9.17) is 14.2 Å². The maximum absolute atomic E-state index is 12.8. The molecule has 0 aliphatic rings. The number of ether oxygens (including phenoxy) is 3. The Labute approximate surface area is 411 Å². The fourth-order valence-electron chi connectivity index (χ4n) is 6.61. The molecule has 0 aromatic heterocycles. The highest BCUT2D eigenvalue weighted by Gasteiger charge is 2.19. The summed E-state index contributed by atoms with van der Waals surface area (Å²) < 4.78 is 16.7. The van der Waals surface area contributed by atoms with Crippen molar-refractivity contribution in [3.63, 3.8) is 0 Å². The van der Waals surface area contributed by atoms with Gasteiger partial charge in [0, 0.05) is 19.3 Å². The first-order valence-corrected chi connectivity index (χ1v) is 26.7. The van der Waals surface area contributed by atoms with Gasteiger partial charge in [-0.3, -0.25) is 14.4 Å². The van der Waals surface area contributed by atoms with Crippen molar-refractivity contribution >= 4 is 17.9 Å². The quantitative estimate of drug-likeness (QED) is 0.0262. The smallest absolute Gasteiger partial charge is 0.306 e. The van der Waals surface area contributed by atoms with Crippen LogP contribution in [0.25, 0.3) is 0 Å². The molecule has 0 N–H and O–H groups in total. The third-order valence-corrected chi connectivity index (χ3v) is 10.6. The van der Waals surface area contributed by atoms with Crippen LogP contribution in [0, 0.1) is 0 Å². The summed E-state index contributed by atoms with van der Waals surface area (Å²) in [5.74, 6) is -1.06. The van der Waals surface area contributed by atoms with E-state index in [9.17, 15) is 14.4 Å². The molecule has 0 rings (SSSR count). The summed E-state index contributed by atoms with van der Waals surface area (Å²) in [5.41, 5.74) is 0. The van der Waals surface area contributed by atoms with Gasteiger partial charge in [-0.25, -0.2) is 0 Å². The fraction of sp³-hybridized carbons (Fsp3) is 0.590. The number of carbonyl (C=O) groups is 3. The van der Waals surface area contributed by atoms with Crippen molar-refractivity contribution in [1.82, 2.24) is 0 Å². The van der Waals surface area contributed by atoms with E-state index in [1.165, 1.54) is 51.4 Å². The van der Waals surface area contributed by atoms with Gasteiger partial charge in [0.1, 0.15) is 13.2 Å². The van der Waals surface area contributed by atoms with Gasteiger partial charge in [0.15, 0.2) is 6.10 Å². The standard InChI is InChI=1S/C61H96O6/c1-4-7-10-13-16-19-22-24-26-28-30-32-34-36-39-42-45-48-51-54-60(63)66-57-58(56-65-59(62)53-50-47-44-41-38-21-18-15-12-9-6-3)67-61(64)55-52-49-46-43-40-37-35-33-31-29-27-25-23-20-17-14-11-8-5-2/h7,10,15-20,24-27,30-33,36-37,39-40,45,48,58H,4-6,8-9,11-14,21-23,28-29,34-35,38,41-44,46-47,49-57H2,1-3H3/b10-7-,18-15-,19-16-,20-17-,26-24-,27-25-,32-30-,33-31-,39-36-,40-37-,48-45-/t58-/m1/s1. The van der Waals surface area contributed by atoms with Gasteiger partial charge in [-0.1, -0.05) is 206 Å². The number of unbranched alkanes of at least 4 members (excludes halogenated alkanes) is 13. The fourth-order valence-corrected chi connectivity index (χ4v) is 6.61. The monoisotopic (exact) mass is 925 g/mol. The number of carbonyl (C=O) groups excluding carboxylic acids is 3. The molecule has 0 aromatic carbocycles. The summed E-state index contributed by atoms with van der Waals surface area (Å²) >= 11 is 0. The first-order valence-electron chi connectivity index (χ1n) is 26.7. The van der Waals surface area contributed by atoms with Gasteiger partial charge in [-0.2, -0.15) is 0 Å². The predicted molar refractivity (Wildman–Crippen MR) is 288 cm³/mol. The Morgan fingerprint density at radius 1 is 0.313 bits per heavy atom. The Morgan fingerprint density at radius 2 is 0.627 bits per heavy atom. The van der Waals surface area contributed by atoms with E-state index in [2.05, 4.69) is 142 Å². The zero-order valence-corrected chi connectivity index (χ0v) is 42.9. The van der Waals surface area contributed by atoms with E-state index in [0.29, 0.717) is 19.3 Å². The second-order valence-electron chi connectivity index (χ2n) is 17.0. The molecule has 0 spiro atoms. The molecular weight excluding hydrogens is 829 g/mol. The summed E-state index contributed by atoms with van der Waals surface area (Å²) in [6, 6.07) is 0. The van der Waals surface area contributed by atoms with Crippen molar-refractivity contribution in [3.05, 3.63) is 134 Å². The van der Waals surface area contributed by atoms with Gasteiger partial charge < -0.3 is 14.2 Å². The van der Waals surface area contributed by atoms with E-state index in [0.717, 1.165) is 109 Å². The molecule has 67 heavy (non-hydrogen) atoms. The Morgan fingerprint density at radius 3 is 1.07 bits per heavy atom. The summed E-state index contributed by atoms with van der Waals surface area (Å²) in [4.78, 5) is 38.0. The van der Waals surface area contributed by atoms with Crippen LogP contribution < -0.4 is 0 Å². The maximum Gasteiger partial charge on any atom is 0.306 e. The van der Waals surface area contributed by atoms with E-state index < -0.39 is 6.10 Å². The van der Waals surface area contributed by atoms with E-state index in [1.807, 2.05) is 12.2 Å². The van der Waals surface area contributed by atoms with Crippen LogP contribution in [-0.2, 0) is 28.6 Å². The summed E-state index contributed by atoms with van der Waals surface area (Å²) in [6.45, 7) is 6.34. The molecule has 0 unspecified atom stereocenters. The molecule has 0 fully saturated rings. The van der Waals surface area contributed by atoms with Gasteiger partial charge in [-0.05, 0) is 122 Å². The van der Waals surface area contributed by atoms with Crippen LogP contribution >= 0.6 is 0 Å². The molecular formula is C61H96O6. The van der Waals surface area contributed by atoms with Crippen molar-refractivity contribution in [2.45, 2.75) is 219 Å². The third-order valence-electron chi connectivity index (χ3n) is 10.6. The van der Waals surface area contributed by atoms with Crippen LogP contribution in [0.5, 0.6) is 0 Å². The lowest BCUT2D eigenvalue weighted by atomic mass is 10.1. The lowest BCUT2D eigenvalue weighted by Crippen LogP contribution is -2.30. The van der Waals surface area contributed by atoms with Gasteiger partial charge in [-0.15, -0.1) is 0 Å². The molecule has 0 aliphatic carbocycles.